The first kappa shape index (κ1) is 13.8. The van der Waals surface area contributed by atoms with Crippen LogP contribution in [-0.2, 0) is 6.54 Å². The lowest BCUT2D eigenvalue weighted by Gasteiger charge is -2.27. The van der Waals surface area contributed by atoms with E-state index in [0.717, 1.165) is 43.9 Å². The average Bonchev–Trinajstić information content (AvgIpc) is 2.39. The van der Waals surface area contributed by atoms with Crippen LogP contribution in [0.2, 0.25) is 0 Å². The molecule has 0 bridgehead atoms. The lowest BCUT2D eigenvalue weighted by Crippen LogP contribution is -2.43. The summed E-state index contributed by atoms with van der Waals surface area (Å²) in [6, 6.07) is 8.41. The Hall–Kier alpha value is -1.63. The highest BCUT2D eigenvalue weighted by Gasteiger charge is 2.12. The highest BCUT2D eigenvalue weighted by molar-refractivity contribution is 5.55. The van der Waals surface area contributed by atoms with Gasteiger partial charge in [0.15, 0.2) is 0 Å². The lowest BCUT2D eigenvalue weighted by atomic mass is 10.0. The van der Waals surface area contributed by atoms with Crippen LogP contribution < -0.4 is 5.32 Å². The Labute approximate surface area is 115 Å². The number of piperazine rings is 1. The third kappa shape index (κ3) is 3.92. The number of nitriles is 1. The average molecular weight is 255 g/mol. The van der Waals surface area contributed by atoms with Crippen molar-refractivity contribution in [1.29, 1.82) is 5.26 Å². The normalized spacial score (nSPS) is 15.8. The number of allylic oxidation sites excluding steroid dienone is 1. The van der Waals surface area contributed by atoms with Crippen LogP contribution in [0.1, 0.15) is 30.5 Å². The standard InChI is InChI=1S/C16H21N3/c1-13(2)9-14-3-4-15(11-17)16(10-14)12-19-7-5-18-6-8-19/h3-4,9-10,18H,5-8,12H2,1-2H3. The summed E-state index contributed by atoms with van der Waals surface area (Å²) in [5.74, 6) is 0. The molecule has 1 aromatic rings. The van der Waals surface area contributed by atoms with Crippen molar-refractivity contribution in [2.45, 2.75) is 20.4 Å². The van der Waals surface area contributed by atoms with Crippen LogP contribution in [0.3, 0.4) is 0 Å². The van der Waals surface area contributed by atoms with Crippen molar-refractivity contribution < 1.29 is 0 Å². The van der Waals surface area contributed by atoms with E-state index in [1.165, 1.54) is 11.1 Å². The Morgan fingerprint density at radius 1 is 1.37 bits per heavy atom. The van der Waals surface area contributed by atoms with Gasteiger partial charge in [0, 0.05) is 32.7 Å². The van der Waals surface area contributed by atoms with Gasteiger partial charge in [-0.2, -0.15) is 5.26 Å². The molecule has 3 nitrogen and oxygen atoms in total. The van der Waals surface area contributed by atoms with Crippen LogP contribution in [0, 0.1) is 11.3 Å². The fourth-order valence-corrected chi connectivity index (χ4v) is 2.39. The van der Waals surface area contributed by atoms with Gasteiger partial charge in [-0.15, -0.1) is 0 Å². The van der Waals surface area contributed by atoms with E-state index in [1.807, 2.05) is 12.1 Å². The second-order valence-corrected chi connectivity index (χ2v) is 5.28. The summed E-state index contributed by atoms with van der Waals surface area (Å²) >= 11 is 0. The largest absolute Gasteiger partial charge is 0.314 e. The van der Waals surface area contributed by atoms with Gasteiger partial charge in [-0.25, -0.2) is 0 Å². The number of nitrogens with zero attached hydrogens (tertiary/aromatic N) is 2. The van der Waals surface area contributed by atoms with Gasteiger partial charge in [0.1, 0.15) is 0 Å². The van der Waals surface area contributed by atoms with Crippen molar-refractivity contribution >= 4 is 6.08 Å². The molecule has 100 valence electrons. The van der Waals surface area contributed by atoms with Crippen molar-refractivity contribution in [3.05, 3.63) is 40.5 Å². The summed E-state index contributed by atoms with van der Waals surface area (Å²) < 4.78 is 0. The molecule has 1 saturated heterocycles. The maximum atomic E-state index is 9.22. The molecule has 0 spiro atoms. The van der Waals surface area contributed by atoms with Gasteiger partial charge in [0.2, 0.25) is 0 Å². The molecule has 0 saturated carbocycles. The second kappa shape index (κ2) is 6.51. The Morgan fingerprint density at radius 3 is 2.74 bits per heavy atom. The number of rotatable bonds is 3. The summed E-state index contributed by atoms with van der Waals surface area (Å²) in [5.41, 5.74) is 4.39. The Morgan fingerprint density at radius 2 is 2.11 bits per heavy atom. The smallest absolute Gasteiger partial charge is 0.0995 e. The molecule has 0 amide bonds. The molecule has 1 aliphatic rings. The van der Waals surface area contributed by atoms with Gasteiger partial charge in [-0.1, -0.05) is 17.7 Å². The molecule has 19 heavy (non-hydrogen) atoms. The zero-order valence-corrected chi connectivity index (χ0v) is 11.7. The van der Waals surface area contributed by atoms with Crippen LogP contribution in [0.5, 0.6) is 0 Å². The molecule has 0 aliphatic carbocycles. The molecule has 0 atom stereocenters. The molecule has 0 unspecified atom stereocenters. The minimum Gasteiger partial charge on any atom is -0.314 e. The molecule has 1 aliphatic heterocycles. The lowest BCUT2D eigenvalue weighted by molar-refractivity contribution is 0.233. The fourth-order valence-electron chi connectivity index (χ4n) is 2.39. The summed E-state index contributed by atoms with van der Waals surface area (Å²) in [7, 11) is 0. The van der Waals surface area contributed by atoms with E-state index in [0.29, 0.717) is 0 Å². The first-order valence-corrected chi connectivity index (χ1v) is 6.80. The zero-order chi connectivity index (χ0) is 13.7. The first-order valence-electron chi connectivity index (χ1n) is 6.80. The number of hydrogen-bond acceptors (Lipinski definition) is 3. The third-order valence-electron chi connectivity index (χ3n) is 3.31. The van der Waals surface area contributed by atoms with Gasteiger partial charge < -0.3 is 5.32 Å². The predicted molar refractivity (Wildman–Crippen MR) is 78.6 cm³/mol. The van der Waals surface area contributed by atoms with Crippen molar-refractivity contribution in [2.75, 3.05) is 26.2 Å². The monoisotopic (exact) mass is 255 g/mol. The summed E-state index contributed by atoms with van der Waals surface area (Å²) in [6.45, 7) is 9.23. The SMILES string of the molecule is CC(C)=Cc1ccc(C#N)c(CN2CCNCC2)c1. The van der Waals surface area contributed by atoms with Crippen molar-refractivity contribution in [3.8, 4) is 6.07 Å². The van der Waals surface area contributed by atoms with Crippen molar-refractivity contribution in [2.24, 2.45) is 0 Å². The predicted octanol–water partition coefficient (Wildman–Crippen LogP) is 2.39. The molecular formula is C16H21N3. The van der Waals surface area contributed by atoms with E-state index in [4.69, 9.17) is 0 Å². The molecule has 1 heterocycles. The second-order valence-electron chi connectivity index (χ2n) is 5.28. The zero-order valence-electron chi connectivity index (χ0n) is 11.7. The van der Waals surface area contributed by atoms with Crippen LogP contribution in [0.15, 0.2) is 23.8 Å². The molecular weight excluding hydrogens is 234 g/mol. The Bertz CT molecular complexity index is 501. The topological polar surface area (TPSA) is 39.1 Å². The van der Waals surface area contributed by atoms with Crippen LogP contribution in [-0.4, -0.2) is 31.1 Å². The molecule has 1 aromatic carbocycles. The van der Waals surface area contributed by atoms with Gasteiger partial charge in [0.05, 0.1) is 11.6 Å². The van der Waals surface area contributed by atoms with E-state index in [2.05, 4.69) is 42.3 Å². The van der Waals surface area contributed by atoms with Crippen LogP contribution in [0.25, 0.3) is 6.08 Å². The third-order valence-corrected chi connectivity index (χ3v) is 3.31. The van der Waals surface area contributed by atoms with Gasteiger partial charge in [-0.05, 0) is 37.1 Å². The quantitative estimate of drug-likeness (QED) is 0.901. The summed E-state index contributed by atoms with van der Waals surface area (Å²) in [4.78, 5) is 2.40. The highest BCUT2D eigenvalue weighted by Crippen LogP contribution is 2.16. The maximum Gasteiger partial charge on any atom is 0.0995 e. The molecule has 0 radical (unpaired) electrons. The number of hydrogen-bond donors (Lipinski definition) is 1. The summed E-state index contributed by atoms with van der Waals surface area (Å²) in [6.07, 6.45) is 2.16. The first-order chi connectivity index (χ1) is 9.19. The number of benzene rings is 1. The van der Waals surface area contributed by atoms with E-state index in [1.54, 1.807) is 0 Å². The molecule has 1 fully saturated rings. The van der Waals surface area contributed by atoms with Crippen LogP contribution in [0.4, 0.5) is 0 Å². The molecule has 0 aromatic heterocycles. The minimum absolute atomic E-state index is 0.796. The van der Waals surface area contributed by atoms with Crippen molar-refractivity contribution in [3.63, 3.8) is 0 Å². The van der Waals surface area contributed by atoms with E-state index in [9.17, 15) is 5.26 Å². The van der Waals surface area contributed by atoms with Crippen LogP contribution >= 0.6 is 0 Å². The van der Waals surface area contributed by atoms with E-state index in [-0.39, 0.29) is 0 Å². The highest BCUT2D eigenvalue weighted by atomic mass is 15.2. The maximum absolute atomic E-state index is 9.22. The van der Waals surface area contributed by atoms with Crippen molar-refractivity contribution in [1.82, 2.24) is 10.2 Å². The van der Waals surface area contributed by atoms with Gasteiger partial charge >= 0.3 is 0 Å². The van der Waals surface area contributed by atoms with Gasteiger partial charge in [-0.3, -0.25) is 4.90 Å². The fraction of sp³-hybridized carbons (Fsp3) is 0.438. The molecule has 3 heteroatoms. The van der Waals surface area contributed by atoms with Gasteiger partial charge in [0.25, 0.3) is 0 Å². The van der Waals surface area contributed by atoms with E-state index >= 15 is 0 Å². The molecule has 2 rings (SSSR count). The molecule has 1 N–H and O–H groups in total. The Kier molecular flexibility index (Phi) is 4.73. The van der Waals surface area contributed by atoms with E-state index < -0.39 is 0 Å². The number of nitrogens with one attached hydrogen (secondary N) is 1. The Balaban J connectivity index is 2.21. The minimum atomic E-state index is 0.796. The summed E-state index contributed by atoms with van der Waals surface area (Å²) in [5, 5.41) is 12.6.